The van der Waals surface area contributed by atoms with Gasteiger partial charge in [-0.05, 0) is 24.1 Å². The molecule has 3 rings (SSSR count). The molecule has 0 bridgehead atoms. The Morgan fingerprint density at radius 2 is 2.04 bits per heavy atom. The average Bonchev–Trinajstić information content (AvgIpc) is 2.93. The minimum absolute atomic E-state index is 0.0322. The van der Waals surface area contributed by atoms with Crippen LogP contribution in [0.2, 0.25) is 0 Å². The van der Waals surface area contributed by atoms with Gasteiger partial charge < -0.3 is 5.11 Å². The van der Waals surface area contributed by atoms with Crippen LogP contribution in [0.5, 0.6) is 5.75 Å². The lowest BCUT2D eigenvalue weighted by Gasteiger charge is -2.02. The largest absolute Gasteiger partial charge is 0.506 e. The first-order chi connectivity index (χ1) is 11.5. The summed E-state index contributed by atoms with van der Waals surface area (Å²) in [5.74, 6) is 0.480. The Morgan fingerprint density at radius 3 is 2.75 bits per heavy atom. The van der Waals surface area contributed by atoms with E-state index in [1.165, 1.54) is 18.2 Å². The minimum atomic E-state index is -0.549. The van der Waals surface area contributed by atoms with Gasteiger partial charge in [0, 0.05) is 18.3 Å². The third-order valence-corrected chi connectivity index (χ3v) is 3.50. The van der Waals surface area contributed by atoms with Gasteiger partial charge >= 0.3 is 0 Å². The van der Waals surface area contributed by atoms with E-state index in [1.54, 1.807) is 4.40 Å². The van der Waals surface area contributed by atoms with Crippen molar-refractivity contribution in [1.29, 1.82) is 0 Å². The van der Waals surface area contributed by atoms with E-state index in [0.29, 0.717) is 5.82 Å². The molecule has 0 radical (unpaired) electrons. The SMILES string of the molecule is CC(C)c1nc2ccccn2c1N=Nc1cc([N+](=O)[O-])ccc1O. The van der Waals surface area contributed by atoms with Crippen molar-refractivity contribution in [1.82, 2.24) is 9.38 Å². The number of phenolic OH excluding ortho intramolecular Hbond substituents is 1. The van der Waals surface area contributed by atoms with Crippen LogP contribution in [0.25, 0.3) is 5.65 Å². The first-order valence-electron chi connectivity index (χ1n) is 7.33. The van der Waals surface area contributed by atoms with Crippen LogP contribution in [0, 0.1) is 10.1 Å². The second-order valence-electron chi connectivity index (χ2n) is 5.53. The maximum atomic E-state index is 10.9. The van der Waals surface area contributed by atoms with Crippen LogP contribution >= 0.6 is 0 Å². The average molecular weight is 325 g/mol. The molecule has 0 aliphatic rings. The number of benzene rings is 1. The minimum Gasteiger partial charge on any atom is -0.506 e. The summed E-state index contributed by atoms with van der Waals surface area (Å²) in [6.45, 7) is 3.98. The fraction of sp³-hybridized carbons (Fsp3) is 0.188. The van der Waals surface area contributed by atoms with Crippen LogP contribution in [0.1, 0.15) is 25.5 Å². The number of nitrogens with zero attached hydrogens (tertiary/aromatic N) is 5. The van der Waals surface area contributed by atoms with Gasteiger partial charge in [-0.15, -0.1) is 10.2 Å². The van der Waals surface area contributed by atoms with Crippen LogP contribution < -0.4 is 0 Å². The van der Waals surface area contributed by atoms with E-state index in [9.17, 15) is 15.2 Å². The molecule has 1 N–H and O–H groups in total. The molecule has 2 heterocycles. The molecule has 3 aromatic rings. The van der Waals surface area contributed by atoms with E-state index < -0.39 is 4.92 Å². The van der Waals surface area contributed by atoms with Crippen LogP contribution in [-0.4, -0.2) is 19.4 Å². The van der Waals surface area contributed by atoms with E-state index >= 15 is 0 Å². The highest BCUT2D eigenvalue weighted by Gasteiger charge is 2.15. The van der Waals surface area contributed by atoms with Crippen LogP contribution in [0.4, 0.5) is 17.2 Å². The fourth-order valence-corrected chi connectivity index (χ4v) is 2.29. The van der Waals surface area contributed by atoms with Crippen molar-refractivity contribution < 1.29 is 10.0 Å². The summed E-state index contributed by atoms with van der Waals surface area (Å²) in [5, 5.41) is 28.9. The van der Waals surface area contributed by atoms with Crippen molar-refractivity contribution in [3.8, 4) is 5.75 Å². The van der Waals surface area contributed by atoms with E-state index in [2.05, 4.69) is 15.2 Å². The van der Waals surface area contributed by atoms with Gasteiger partial charge in [0.25, 0.3) is 5.69 Å². The molecule has 8 heteroatoms. The number of aromatic hydroxyl groups is 1. The third-order valence-electron chi connectivity index (χ3n) is 3.50. The summed E-state index contributed by atoms with van der Waals surface area (Å²) >= 11 is 0. The van der Waals surface area contributed by atoms with Crippen molar-refractivity contribution in [2.24, 2.45) is 10.2 Å². The Labute approximate surface area is 137 Å². The normalized spacial score (nSPS) is 11.6. The molecule has 2 aromatic heterocycles. The molecular formula is C16H15N5O3. The summed E-state index contributed by atoms with van der Waals surface area (Å²) in [6, 6.07) is 9.20. The molecule has 24 heavy (non-hydrogen) atoms. The topological polar surface area (TPSA) is 105 Å². The number of phenols is 1. The number of rotatable bonds is 4. The van der Waals surface area contributed by atoms with Crippen molar-refractivity contribution >= 4 is 22.8 Å². The molecule has 0 aliphatic carbocycles. The second kappa shape index (κ2) is 6.07. The smallest absolute Gasteiger partial charge is 0.271 e. The number of fused-ring (bicyclic) bond motifs is 1. The highest BCUT2D eigenvalue weighted by Crippen LogP contribution is 2.34. The molecule has 122 valence electrons. The summed E-state index contributed by atoms with van der Waals surface area (Å²) in [5.41, 5.74) is 1.36. The van der Waals surface area contributed by atoms with Gasteiger partial charge in [-0.25, -0.2) is 4.98 Å². The third kappa shape index (κ3) is 2.81. The van der Waals surface area contributed by atoms with Crippen molar-refractivity contribution in [3.63, 3.8) is 0 Å². The van der Waals surface area contributed by atoms with Crippen molar-refractivity contribution in [3.05, 3.63) is 58.4 Å². The number of hydrogen-bond donors (Lipinski definition) is 1. The Morgan fingerprint density at radius 1 is 1.25 bits per heavy atom. The predicted octanol–water partition coefficient (Wildman–Crippen LogP) is 4.49. The van der Waals surface area contributed by atoms with Gasteiger partial charge in [0.2, 0.25) is 0 Å². The zero-order valence-electron chi connectivity index (χ0n) is 13.1. The van der Waals surface area contributed by atoms with Gasteiger partial charge in [-0.1, -0.05) is 19.9 Å². The number of non-ortho nitro benzene ring substituents is 1. The number of nitro benzene ring substituents is 1. The molecule has 0 fully saturated rings. The Bertz CT molecular complexity index is 946. The van der Waals surface area contributed by atoms with Crippen molar-refractivity contribution in [2.75, 3.05) is 0 Å². The highest BCUT2D eigenvalue weighted by molar-refractivity contribution is 5.58. The first kappa shape index (κ1) is 15.6. The van der Waals surface area contributed by atoms with Crippen LogP contribution in [0.3, 0.4) is 0 Å². The zero-order valence-corrected chi connectivity index (χ0v) is 13.1. The molecular weight excluding hydrogens is 310 g/mol. The quantitative estimate of drug-likeness (QED) is 0.433. The molecule has 0 unspecified atom stereocenters. The lowest BCUT2D eigenvalue weighted by atomic mass is 10.1. The maximum absolute atomic E-state index is 10.9. The van der Waals surface area contributed by atoms with Crippen LogP contribution in [0.15, 0.2) is 52.8 Å². The summed E-state index contributed by atoms with van der Waals surface area (Å²) in [6.07, 6.45) is 1.82. The molecule has 1 aromatic carbocycles. The fourth-order valence-electron chi connectivity index (χ4n) is 2.29. The van der Waals surface area contributed by atoms with E-state index in [-0.39, 0.29) is 23.0 Å². The second-order valence-corrected chi connectivity index (χ2v) is 5.53. The molecule has 8 nitrogen and oxygen atoms in total. The lowest BCUT2D eigenvalue weighted by molar-refractivity contribution is -0.384. The molecule has 0 atom stereocenters. The predicted molar refractivity (Wildman–Crippen MR) is 88.2 cm³/mol. The van der Waals surface area contributed by atoms with Gasteiger partial charge in [-0.2, -0.15) is 0 Å². The van der Waals surface area contributed by atoms with Crippen molar-refractivity contribution in [2.45, 2.75) is 19.8 Å². The van der Waals surface area contributed by atoms with Gasteiger partial charge in [0.05, 0.1) is 10.6 Å². The summed E-state index contributed by atoms with van der Waals surface area (Å²) in [7, 11) is 0. The number of pyridine rings is 1. The molecule has 0 aliphatic heterocycles. The van der Waals surface area contributed by atoms with E-state index in [0.717, 1.165) is 11.3 Å². The maximum Gasteiger partial charge on any atom is 0.271 e. The van der Waals surface area contributed by atoms with Gasteiger partial charge in [0.15, 0.2) is 5.82 Å². The molecule has 0 spiro atoms. The number of hydrogen-bond acceptors (Lipinski definition) is 6. The first-order valence-corrected chi connectivity index (χ1v) is 7.33. The van der Waals surface area contributed by atoms with Gasteiger partial charge in [-0.3, -0.25) is 14.5 Å². The number of nitro groups is 1. The zero-order chi connectivity index (χ0) is 17.3. The van der Waals surface area contributed by atoms with E-state index in [1.807, 2.05) is 38.2 Å². The lowest BCUT2D eigenvalue weighted by Crippen LogP contribution is -1.88. The van der Waals surface area contributed by atoms with E-state index in [4.69, 9.17) is 0 Å². The Hall–Kier alpha value is -3.29. The highest BCUT2D eigenvalue weighted by atomic mass is 16.6. The summed E-state index contributed by atoms with van der Waals surface area (Å²) < 4.78 is 1.78. The molecule has 0 saturated heterocycles. The monoisotopic (exact) mass is 325 g/mol. The summed E-state index contributed by atoms with van der Waals surface area (Å²) in [4.78, 5) is 14.8. The Balaban J connectivity index is 2.10. The Kier molecular flexibility index (Phi) is 3.95. The van der Waals surface area contributed by atoms with Crippen LogP contribution in [-0.2, 0) is 0 Å². The number of aromatic nitrogens is 2. The molecule has 0 amide bonds. The van der Waals surface area contributed by atoms with Gasteiger partial charge in [0.1, 0.15) is 17.1 Å². The number of azo groups is 1. The standard InChI is InChI=1S/C16H15N5O3/c1-10(2)15-16(20-8-4-3-5-14(20)17-15)19-18-12-9-11(21(23)24)6-7-13(12)22/h3-10,22H,1-2H3. The number of imidazole rings is 1. The molecule has 0 saturated carbocycles.